The van der Waals surface area contributed by atoms with E-state index in [1.165, 1.54) is 11.1 Å². The molecule has 188 valence electrons. The lowest BCUT2D eigenvalue weighted by molar-refractivity contribution is -0.307. The summed E-state index contributed by atoms with van der Waals surface area (Å²) in [6.45, 7) is 12.8. The van der Waals surface area contributed by atoms with Crippen molar-refractivity contribution >= 4 is 56.9 Å². The van der Waals surface area contributed by atoms with Crippen molar-refractivity contribution in [2.75, 3.05) is 9.71 Å². The Bertz CT molecular complexity index is 1430. The molecule has 0 aliphatic carbocycles. The van der Waals surface area contributed by atoms with Gasteiger partial charge < -0.3 is 9.30 Å². The van der Waals surface area contributed by atoms with Crippen molar-refractivity contribution in [1.29, 1.82) is 0 Å². The van der Waals surface area contributed by atoms with E-state index in [4.69, 9.17) is 22.9 Å². The summed E-state index contributed by atoms with van der Waals surface area (Å²) >= 11 is 14.8. The normalized spacial score (nSPS) is 14.5. The largest absolute Gasteiger partial charge is 0.500 e. The van der Waals surface area contributed by atoms with E-state index < -0.39 is 5.25 Å². The molecule has 0 bridgehead atoms. The predicted octanol–water partition coefficient (Wildman–Crippen LogP) is 8.81. The van der Waals surface area contributed by atoms with Gasteiger partial charge >= 0.3 is 5.25 Å². The number of hydrogen-bond acceptors (Lipinski definition) is 2. The van der Waals surface area contributed by atoms with Gasteiger partial charge in [-0.05, 0) is 88.1 Å². The van der Waals surface area contributed by atoms with E-state index in [9.17, 15) is 0 Å². The first kappa shape index (κ1) is 25.4. The van der Waals surface area contributed by atoms with Crippen molar-refractivity contribution in [3.05, 3.63) is 118 Å². The van der Waals surface area contributed by atoms with Crippen LogP contribution in [0.2, 0.25) is 0 Å². The van der Waals surface area contributed by atoms with Crippen LogP contribution in [0.3, 0.4) is 0 Å². The van der Waals surface area contributed by atoms with Gasteiger partial charge in [0, 0.05) is 0 Å². The van der Waals surface area contributed by atoms with Gasteiger partial charge in [-0.1, -0.05) is 71.8 Å². The highest BCUT2D eigenvalue weighted by molar-refractivity contribution is 7.45. The molecule has 6 heteroatoms. The molecule has 0 unspecified atom stereocenters. The van der Waals surface area contributed by atoms with Crippen molar-refractivity contribution in [2.24, 2.45) is 0 Å². The number of rotatable bonds is 4. The van der Waals surface area contributed by atoms with Gasteiger partial charge in [-0.15, -0.1) is 0 Å². The summed E-state index contributed by atoms with van der Waals surface area (Å²) in [6.07, 6.45) is 0. The molecule has 0 spiro atoms. The summed E-state index contributed by atoms with van der Waals surface area (Å²) in [6, 6.07) is 29.6. The fraction of sp³-hybridized carbons (Fsp3) is 0.194. The van der Waals surface area contributed by atoms with Gasteiger partial charge in [0.2, 0.25) is 0 Å². The molecule has 1 heterocycles. The SMILES string of the molecule is Cc1cc(C)c(N2C(N(c3ccccc3)c3ccccc3)=[N+](c3c(C)cc(C)cc3C)[B-]2(Cl)Cl)c(C)c1. The quantitative estimate of drug-likeness (QED) is 0.245. The summed E-state index contributed by atoms with van der Waals surface area (Å²) in [5, 5.41) is -2.18. The highest BCUT2D eigenvalue weighted by atomic mass is 35.5. The van der Waals surface area contributed by atoms with Crippen LogP contribution >= 0.6 is 22.9 Å². The number of guanidine groups is 1. The van der Waals surface area contributed by atoms with Crippen molar-refractivity contribution in [3.8, 4) is 0 Å². The molecule has 0 fully saturated rings. The van der Waals surface area contributed by atoms with E-state index >= 15 is 0 Å². The van der Waals surface area contributed by atoms with Crippen molar-refractivity contribution in [2.45, 2.75) is 41.5 Å². The maximum atomic E-state index is 7.42. The van der Waals surface area contributed by atoms with Crippen LogP contribution in [0, 0.1) is 41.5 Å². The van der Waals surface area contributed by atoms with Gasteiger partial charge in [0.1, 0.15) is 11.4 Å². The van der Waals surface area contributed by atoms with Crippen LogP contribution in [0.1, 0.15) is 33.4 Å². The Morgan fingerprint density at radius 2 is 1.03 bits per heavy atom. The molecule has 1 aliphatic heterocycles. The summed E-state index contributed by atoms with van der Waals surface area (Å²) in [4.78, 5) is 4.38. The lowest BCUT2D eigenvalue weighted by atomic mass is 9.87. The zero-order chi connectivity index (χ0) is 26.5. The number of aryl methyl sites for hydroxylation is 6. The Labute approximate surface area is 230 Å². The van der Waals surface area contributed by atoms with Crippen LogP contribution in [-0.2, 0) is 0 Å². The van der Waals surface area contributed by atoms with Gasteiger partial charge in [-0.25, -0.2) is 4.90 Å². The number of halogens is 2. The van der Waals surface area contributed by atoms with Crippen molar-refractivity contribution in [3.63, 3.8) is 0 Å². The van der Waals surface area contributed by atoms with Crippen molar-refractivity contribution in [1.82, 2.24) is 0 Å². The number of hydrogen-bond donors (Lipinski definition) is 0. The smallest absolute Gasteiger partial charge is 0.361 e. The fourth-order valence-electron chi connectivity index (χ4n) is 5.82. The Morgan fingerprint density at radius 1 is 0.622 bits per heavy atom. The third kappa shape index (κ3) is 4.33. The molecule has 4 aromatic rings. The van der Waals surface area contributed by atoms with E-state index in [1.54, 1.807) is 0 Å². The number of benzene rings is 4. The molecular weight excluding hydrogens is 496 g/mol. The van der Waals surface area contributed by atoms with E-state index in [0.717, 1.165) is 51.0 Å². The second-order valence-corrected chi connectivity index (χ2v) is 11.6. The second kappa shape index (κ2) is 9.59. The lowest BCUT2D eigenvalue weighted by Gasteiger charge is -2.54. The first-order valence-corrected chi connectivity index (χ1v) is 13.5. The molecule has 1 aliphatic rings. The summed E-state index contributed by atoms with van der Waals surface area (Å²) in [7, 11) is 0. The van der Waals surface area contributed by atoms with E-state index in [0.29, 0.717) is 0 Å². The molecule has 0 saturated carbocycles. The molecular formula is C31H32BCl2N3. The maximum absolute atomic E-state index is 7.42. The third-order valence-electron chi connectivity index (χ3n) is 7.03. The van der Waals surface area contributed by atoms with Crippen LogP contribution in [0.25, 0.3) is 0 Å². The molecule has 0 saturated heterocycles. The van der Waals surface area contributed by atoms with Crippen LogP contribution in [-0.4, -0.2) is 15.7 Å². The number of para-hydroxylation sites is 2. The molecule has 0 amide bonds. The average molecular weight is 528 g/mol. The maximum Gasteiger partial charge on any atom is 0.500 e. The first-order chi connectivity index (χ1) is 17.6. The van der Waals surface area contributed by atoms with E-state index in [-0.39, 0.29) is 0 Å². The Hall–Kier alpha value is -3.21. The summed E-state index contributed by atoms with van der Waals surface area (Å²) < 4.78 is 2.13. The first-order valence-electron chi connectivity index (χ1n) is 12.6. The number of anilines is 3. The standard InChI is InChI=1S/C31H32BCl2N3/c1-21-17-23(3)29(24(4)18-21)36-31(35(27-13-9-7-10-14-27)28-15-11-8-12-16-28)37(32(36,33)34)30-25(5)19-22(2)20-26(30)6/h7-20H,1-6H3. The van der Waals surface area contributed by atoms with E-state index in [1.807, 2.05) is 12.1 Å². The predicted molar refractivity (Wildman–Crippen MR) is 161 cm³/mol. The second-order valence-electron chi connectivity index (χ2n) is 10.1. The monoisotopic (exact) mass is 527 g/mol. The van der Waals surface area contributed by atoms with Crippen LogP contribution in [0.4, 0.5) is 22.7 Å². The molecule has 4 aromatic carbocycles. The zero-order valence-corrected chi connectivity index (χ0v) is 23.8. The Balaban J connectivity index is 1.89. The van der Waals surface area contributed by atoms with Gasteiger partial charge in [-0.2, -0.15) is 0 Å². The minimum atomic E-state index is -2.18. The lowest BCUT2D eigenvalue weighted by Crippen LogP contribution is -2.73. The fourth-order valence-corrected chi connectivity index (χ4v) is 6.56. The Kier molecular flexibility index (Phi) is 6.60. The van der Waals surface area contributed by atoms with Crippen molar-refractivity contribution < 1.29 is 4.49 Å². The third-order valence-corrected chi connectivity index (χ3v) is 7.81. The zero-order valence-electron chi connectivity index (χ0n) is 22.3. The molecule has 0 radical (unpaired) electrons. The summed E-state index contributed by atoms with van der Waals surface area (Å²) in [5.41, 5.74) is 11.1. The molecule has 0 N–H and O–H groups in total. The molecule has 0 aromatic heterocycles. The minimum Gasteiger partial charge on any atom is -0.361 e. The molecule has 3 nitrogen and oxygen atoms in total. The van der Waals surface area contributed by atoms with Crippen LogP contribution in [0.5, 0.6) is 0 Å². The summed E-state index contributed by atoms with van der Waals surface area (Å²) in [5.74, 6) is 0.910. The van der Waals surface area contributed by atoms with Crippen LogP contribution in [0.15, 0.2) is 84.9 Å². The van der Waals surface area contributed by atoms with E-state index in [2.05, 4.69) is 129 Å². The van der Waals surface area contributed by atoms with Gasteiger partial charge in [0.25, 0.3) is 5.96 Å². The molecule has 37 heavy (non-hydrogen) atoms. The highest BCUT2D eigenvalue weighted by Crippen LogP contribution is 2.47. The van der Waals surface area contributed by atoms with Crippen LogP contribution < -0.4 is 9.71 Å². The van der Waals surface area contributed by atoms with Gasteiger partial charge in [-0.3, -0.25) is 22.9 Å². The minimum absolute atomic E-state index is 0.910. The highest BCUT2D eigenvalue weighted by Gasteiger charge is 2.57. The topological polar surface area (TPSA) is 9.49 Å². The molecule has 0 atom stereocenters. The van der Waals surface area contributed by atoms with Gasteiger partial charge in [0.05, 0.1) is 11.4 Å². The molecule has 5 rings (SSSR count). The average Bonchev–Trinajstić information content (AvgIpc) is 2.84. The van der Waals surface area contributed by atoms with Gasteiger partial charge in [0.15, 0.2) is 0 Å². The Morgan fingerprint density at radius 3 is 1.46 bits per heavy atom. The number of nitrogens with zero attached hydrogens (tertiary/aromatic N) is 3.